The van der Waals surface area contributed by atoms with E-state index in [9.17, 15) is 34.9 Å². The summed E-state index contributed by atoms with van der Waals surface area (Å²) in [6.45, 7) is 5.50. The number of nitro benzene ring substituents is 1. The maximum atomic E-state index is 14.0. The lowest BCUT2D eigenvalue weighted by Crippen LogP contribution is -2.55. The number of nitro groups is 1. The predicted molar refractivity (Wildman–Crippen MR) is 131 cm³/mol. The van der Waals surface area contributed by atoms with Gasteiger partial charge in [0.25, 0.3) is 5.69 Å². The van der Waals surface area contributed by atoms with E-state index in [-0.39, 0.29) is 39.4 Å². The number of amides is 2. The standard InChI is InChI=1S/C26H21N5O6/c1-25(2,3)30-12-13(11-27)19-22(30)29-23(34)20(21(33)15-6-4-5-7-18(15)32)26(19)16-10-14(31(36)37)8-9-17(16)28-24(26)35/h4-10,12,20,32H,1-3H3,(H,28,35)(H,29,34)/t20-,26-/m1/s1. The van der Waals surface area contributed by atoms with Gasteiger partial charge in [-0.2, -0.15) is 5.26 Å². The molecule has 2 aromatic carbocycles. The summed E-state index contributed by atoms with van der Waals surface area (Å²) in [5.41, 5.74) is -3.03. The zero-order valence-corrected chi connectivity index (χ0v) is 20.0. The van der Waals surface area contributed by atoms with Gasteiger partial charge in [-0.1, -0.05) is 12.1 Å². The molecule has 0 unspecified atom stereocenters. The molecule has 2 aliphatic rings. The highest BCUT2D eigenvalue weighted by atomic mass is 16.6. The molecule has 1 aromatic heterocycles. The van der Waals surface area contributed by atoms with Crippen LogP contribution in [0.2, 0.25) is 0 Å². The molecule has 3 aromatic rings. The first-order valence-electron chi connectivity index (χ1n) is 11.3. The molecule has 0 bridgehead atoms. The number of carbonyl (C=O) groups is 3. The summed E-state index contributed by atoms with van der Waals surface area (Å²) in [6, 6.07) is 11.3. The average molecular weight is 499 g/mol. The van der Waals surface area contributed by atoms with E-state index in [4.69, 9.17) is 0 Å². The number of nitrogens with zero attached hydrogens (tertiary/aromatic N) is 3. The highest BCUT2D eigenvalue weighted by Crippen LogP contribution is 2.56. The Morgan fingerprint density at radius 1 is 1.19 bits per heavy atom. The number of anilines is 2. The van der Waals surface area contributed by atoms with Crippen LogP contribution in [0.1, 0.15) is 47.8 Å². The van der Waals surface area contributed by atoms with Gasteiger partial charge in [0.05, 0.1) is 16.1 Å². The molecule has 11 heteroatoms. The number of Topliss-reactive ketones (excluding diaryl/α,β-unsaturated/α-hetero) is 1. The van der Waals surface area contributed by atoms with Gasteiger partial charge in [-0.15, -0.1) is 0 Å². The van der Waals surface area contributed by atoms with Crippen molar-refractivity contribution in [3.05, 3.63) is 81.0 Å². The number of non-ortho nitro benzene ring substituents is 1. The van der Waals surface area contributed by atoms with Gasteiger partial charge in [-0.25, -0.2) is 0 Å². The average Bonchev–Trinajstić information content (AvgIpc) is 3.34. The van der Waals surface area contributed by atoms with E-state index in [0.717, 1.165) is 6.07 Å². The lowest BCUT2D eigenvalue weighted by atomic mass is 9.61. The van der Waals surface area contributed by atoms with Gasteiger partial charge in [0, 0.05) is 40.7 Å². The zero-order valence-electron chi connectivity index (χ0n) is 20.0. The second-order valence-corrected chi connectivity index (χ2v) is 9.97. The van der Waals surface area contributed by atoms with Crippen LogP contribution < -0.4 is 10.6 Å². The van der Waals surface area contributed by atoms with Crippen LogP contribution in [0.5, 0.6) is 5.75 Å². The molecule has 2 amide bonds. The Kier molecular flexibility index (Phi) is 4.98. The number of nitriles is 1. The quantitative estimate of drug-likeness (QED) is 0.215. The van der Waals surface area contributed by atoms with Crippen LogP contribution in [0.4, 0.5) is 17.2 Å². The van der Waals surface area contributed by atoms with Gasteiger partial charge in [-0.05, 0) is 39.0 Å². The molecule has 0 aliphatic carbocycles. The third-order valence-corrected chi connectivity index (χ3v) is 6.86. The van der Waals surface area contributed by atoms with Gasteiger partial charge in [0.2, 0.25) is 11.8 Å². The van der Waals surface area contributed by atoms with Crippen LogP contribution in [-0.2, 0) is 20.5 Å². The monoisotopic (exact) mass is 499 g/mol. The number of benzene rings is 2. The van der Waals surface area contributed by atoms with E-state index in [0.29, 0.717) is 0 Å². The normalized spacial score (nSPS) is 20.0. The first kappa shape index (κ1) is 23.7. The van der Waals surface area contributed by atoms with Gasteiger partial charge in [-0.3, -0.25) is 24.5 Å². The smallest absolute Gasteiger partial charge is 0.269 e. The summed E-state index contributed by atoms with van der Waals surface area (Å²) in [5.74, 6) is -4.53. The predicted octanol–water partition coefficient (Wildman–Crippen LogP) is 3.42. The second kappa shape index (κ2) is 7.76. The number of nitrogens with one attached hydrogen (secondary N) is 2. The van der Waals surface area contributed by atoms with Crippen molar-refractivity contribution < 1.29 is 24.4 Å². The molecular weight excluding hydrogens is 478 g/mol. The highest BCUT2D eigenvalue weighted by molar-refractivity contribution is 6.25. The fraction of sp³-hybridized carbons (Fsp3) is 0.231. The number of para-hydroxylation sites is 1. The third-order valence-electron chi connectivity index (χ3n) is 6.86. The topological polar surface area (TPSA) is 167 Å². The highest BCUT2D eigenvalue weighted by Gasteiger charge is 2.64. The van der Waals surface area contributed by atoms with Crippen molar-refractivity contribution in [1.82, 2.24) is 4.57 Å². The number of phenols is 1. The Bertz CT molecular complexity index is 1590. The van der Waals surface area contributed by atoms with Crippen LogP contribution in [-0.4, -0.2) is 32.2 Å². The number of aromatic hydroxyl groups is 1. The minimum absolute atomic E-state index is 0.0227. The SMILES string of the molecule is CC(C)(C)n1cc(C#N)c2c1NC(=O)[C@@H](C(=O)c1ccccc1O)[C@]21C(=O)Nc2ccc([N+](=O)[O-])cc21. The molecule has 0 radical (unpaired) electrons. The second-order valence-electron chi connectivity index (χ2n) is 9.97. The molecule has 2 aliphatic heterocycles. The lowest BCUT2D eigenvalue weighted by molar-refractivity contribution is -0.384. The fourth-order valence-corrected chi connectivity index (χ4v) is 5.28. The molecule has 0 fully saturated rings. The summed E-state index contributed by atoms with van der Waals surface area (Å²) in [4.78, 5) is 52.7. The molecule has 2 atom stereocenters. The van der Waals surface area contributed by atoms with E-state index in [1.165, 1.54) is 42.6 Å². The van der Waals surface area contributed by atoms with Crippen molar-refractivity contribution in [2.75, 3.05) is 10.6 Å². The Hall–Kier alpha value is -4.98. The minimum atomic E-state index is -2.11. The van der Waals surface area contributed by atoms with Crippen LogP contribution in [0.15, 0.2) is 48.7 Å². The number of ketones is 1. The summed E-state index contributed by atoms with van der Waals surface area (Å²) < 4.78 is 1.63. The largest absolute Gasteiger partial charge is 0.507 e. The van der Waals surface area contributed by atoms with Crippen LogP contribution in [0, 0.1) is 27.4 Å². The van der Waals surface area contributed by atoms with Crippen molar-refractivity contribution >= 4 is 34.8 Å². The molecule has 3 heterocycles. The number of aromatic nitrogens is 1. The Morgan fingerprint density at radius 3 is 2.51 bits per heavy atom. The van der Waals surface area contributed by atoms with Crippen molar-refractivity contribution in [3.8, 4) is 11.8 Å². The number of rotatable bonds is 3. The van der Waals surface area contributed by atoms with E-state index in [1.807, 2.05) is 20.8 Å². The zero-order chi connectivity index (χ0) is 26.9. The molecule has 186 valence electrons. The van der Waals surface area contributed by atoms with E-state index in [2.05, 4.69) is 16.7 Å². The Labute approximate surface area is 210 Å². The number of phenolic OH excluding ortho intramolecular Hbond substituents is 1. The van der Waals surface area contributed by atoms with E-state index in [1.54, 1.807) is 4.57 Å². The lowest BCUT2D eigenvalue weighted by Gasteiger charge is -2.39. The molecule has 0 saturated carbocycles. The summed E-state index contributed by atoms with van der Waals surface area (Å²) in [5, 5.41) is 37.6. The number of fused-ring (bicyclic) bond motifs is 4. The van der Waals surface area contributed by atoms with Crippen molar-refractivity contribution in [3.63, 3.8) is 0 Å². The molecule has 0 saturated heterocycles. The molecule has 11 nitrogen and oxygen atoms in total. The maximum absolute atomic E-state index is 14.0. The first-order valence-corrected chi connectivity index (χ1v) is 11.3. The molecule has 1 spiro atoms. The number of hydrogen-bond acceptors (Lipinski definition) is 7. The van der Waals surface area contributed by atoms with Gasteiger partial charge in [0.1, 0.15) is 29.0 Å². The molecular formula is C26H21N5O6. The van der Waals surface area contributed by atoms with Crippen molar-refractivity contribution in [2.24, 2.45) is 5.92 Å². The molecule has 3 N–H and O–H groups in total. The maximum Gasteiger partial charge on any atom is 0.269 e. The number of carbonyl (C=O) groups excluding carboxylic acids is 3. The number of hydrogen-bond donors (Lipinski definition) is 3. The van der Waals surface area contributed by atoms with Gasteiger partial charge >= 0.3 is 0 Å². The Balaban J connectivity index is 1.93. The van der Waals surface area contributed by atoms with Gasteiger partial charge in [0.15, 0.2) is 5.78 Å². The minimum Gasteiger partial charge on any atom is -0.507 e. The fourth-order valence-electron chi connectivity index (χ4n) is 5.28. The van der Waals surface area contributed by atoms with Crippen LogP contribution in [0.25, 0.3) is 0 Å². The summed E-state index contributed by atoms with van der Waals surface area (Å²) in [6.07, 6.45) is 1.49. The summed E-state index contributed by atoms with van der Waals surface area (Å²) >= 11 is 0. The Morgan fingerprint density at radius 2 is 1.89 bits per heavy atom. The van der Waals surface area contributed by atoms with Crippen molar-refractivity contribution in [2.45, 2.75) is 31.7 Å². The molecule has 5 rings (SSSR count). The third kappa shape index (κ3) is 3.15. The van der Waals surface area contributed by atoms with Gasteiger partial charge < -0.3 is 20.3 Å². The summed E-state index contributed by atoms with van der Waals surface area (Å²) in [7, 11) is 0. The van der Waals surface area contributed by atoms with Crippen LogP contribution >= 0.6 is 0 Å². The first-order chi connectivity index (χ1) is 17.4. The molecule has 37 heavy (non-hydrogen) atoms. The van der Waals surface area contributed by atoms with Crippen molar-refractivity contribution in [1.29, 1.82) is 5.26 Å². The van der Waals surface area contributed by atoms with Crippen LogP contribution in [0.3, 0.4) is 0 Å². The van der Waals surface area contributed by atoms with E-state index < -0.39 is 45.1 Å². The van der Waals surface area contributed by atoms with E-state index >= 15 is 0 Å².